The third-order valence-corrected chi connectivity index (χ3v) is 12.1. The highest BCUT2D eigenvalue weighted by Crippen LogP contribution is 2.68. The molecule has 264 valence electrons. The molecule has 0 aromatic heterocycles. The van der Waals surface area contributed by atoms with Gasteiger partial charge < -0.3 is 33.5 Å². The molecule has 50 heavy (non-hydrogen) atoms. The van der Waals surface area contributed by atoms with Gasteiger partial charge in [-0.25, -0.2) is 0 Å². The van der Waals surface area contributed by atoms with Crippen molar-refractivity contribution in [2.75, 3.05) is 13.7 Å². The van der Waals surface area contributed by atoms with Crippen molar-refractivity contribution in [3.05, 3.63) is 92.6 Å². The van der Waals surface area contributed by atoms with Gasteiger partial charge in [0.15, 0.2) is 17.3 Å². The first-order chi connectivity index (χ1) is 23.7. The van der Waals surface area contributed by atoms with Gasteiger partial charge in [-0.15, -0.1) is 0 Å². The van der Waals surface area contributed by atoms with Gasteiger partial charge in [0.05, 0.1) is 25.6 Å². The Labute approximate surface area is 304 Å². The summed E-state index contributed by atoms with van der Waals surface area (Å²) in [5, 5.41) is 12.5. The first-order valence-electron chi connectivity index (χ1n) is 16.8. The molecule has 10 nitrogen and oxygen atoms in total. The van der Waals surface area contributed by atoms with Gasteiger partial charge in [0.1, 0.15) is 23.9 Å². The molecule has 1 N–H and O–H groups in total. The monoisotopic (exact) mass is 800 g/mol. The van der Waals surface area contributed by atoms with Crippen molar-refractivity contribution in [3.63, 3.8) is 0 Å². The topological polar surface area (TPSA) is 127 Å². The van der Waals surface area contributed by atoms with E-state index in [9.17, 15) is 19.5 Å². The number of aliphatic hydroxyl groups is 1. The van der Waals surface area contributed by atoms with E-state index in [0.717, 1.165) is 11.1 Å². The number of rotatable bonds is 9. The summed E-state index contributed by atoms with van der Waals surface area (Å²) in [6.45, 7) is 11.3. The Bertz CT molecular complexity index is 1850. The lowest BCUT2D eigenvalue weighted by molar-refractivity contribution is -0.421. The molecule has 2 aromatic rings. The molecule has 7 rings (SSSR count). The fourth-order valence-electron chi connectivity index (χ4n) is 8.98. The molecule has 0 radical (unpaired) electrons. The molecule has 0 amide bonds. The lowest BCUT2D eigenvalue weighted by atomic mass is 9.55. The van der Waals surface area contributed by atoms with Gasteiger partial charge in [-0.3, -0.25) is 14.4 Å². The summed E-state index contributed by atoms with van der Waals surface area (Å²) >= 11 is 2.07. The highest BCUT2D eigenvalue weighted by Gasteiger charge is 2.79. The molecule has 2 aliphatic heterocycles. The van der Waals surface area contributed by atoms with E-state index in [1.54, 1.807) is 19.1 Å². The SMILES string of the molecule is C=C(C)[C@]12C[C@@H](C)[C@@]34OC(Cc5ccccc5)(O[C@H]1[C@@H]3C=C(COC(=O)Cc1cc(OC)c(OC(C)=O)cc1[131I])C[C@]1(O)C(=O)C(C)=C[C@@H]41)O2. The van der Waals surface area contributed by atoms with E-state index in [1.165, 1.54) is 14.0 Å². The van der Waals surface area contributed by atoms with Crippen LogP contribution in [-0.2, 0) is 46.2 Å². The number of esters is 2. The summed E-state index contributed by atoms with van der Waals surface area (Å²) in [6.07, 6.45) is 4.04. The van der Waals surface area contributed by atoms with Gasteiger partial charge >= 0.3 is 11.9 Å². The Morgan fingerprint density at radius 3 is 2.52 bits per heavy atom. The average Bonchev–Trinajstić information content (AvgIpc) is 3.36. The molecule has 1 unspecified atom stereocenters. The number of Topliss-reactive ketones (excluding diaryl/α,β-unsaturated/α-hetero) is 1. The van der Waals surface area contributed by atoms with Crippen molar-refractivity contribution >= 4 is 40.3 Å². The van der Waals surface area contributed by atoms with Crippen LogP contribution in [0.2, 0.25) is 0 Å². The van der Waals surface area contributed by atoms with Gasteiger partial charge in [-0.05, 0) is 88.8 Å². The van der Waals surface area contributed by atoms with Gasteiger partial charge in [0, 0.05) is 28.8 Å². The zero-order chi connectivity index (χ0) is 35.8. The number of ether oxygens (including phenoxy) is 6. The Morgan fingerprint density at radius 2 is 1.84 bits per heavy atom. The van der Waals surface area contributed by atoms with Crippen molar-refractivity contribution in [2.45, 2.75) is 82.3 Å². The molecule has 2 aromatic carbocycles. The maximum atomic E-state index is 13.9. The van der Waals surface area contributed by atoms with Crippen LogP contribution in [0.1, 0.15) is 51.7 Å². The largest absolute Gasteiger partial charge is 0.493 e. The maximum Gasteiger partial charge on any atom is 0.310 e. The molecule has 1 saturated carbocycles. The Hall–Kier alpha value is -3.36. The highest BCUT2D eigenvalue weighted by molar-refractivity contribution is 14.1. The zero-order valence-electron chi connectivity index (χ0n) is 28.7. The zero-order valence-corrected chi connectivity index (χ0v) is 30.9. The van der Waals surface area contributed by atoms with Crippen molar-refractivity contribution in [1.82, 2.24) is 0 Å². The van der Waals surface area contributed by atoms with Crippen molar-refractivity contribution in [1.29, 1.82) is 0 Å². The lowest BCUT2D eigenvalue weighted by Gasteiger charge is -2.59. The smallest absolute Gasteiger partial charge is 0.310 e. The molecular formula is C39H41IO10. The molecule has 3 fully saturated rings. The Kier molecular flexibility index (Phi) is 8.70. The van der Waals surface area contributed by atoms with E-state index in [0.29, 0.717) is 38.9 Å². The number of ketones is 1. The number of hydrogen-bond acceptors (Lipinski definition) is 10. The van der Waals surface area contributed by atoms with Crippen LogP contribution in [0, 0.1) is 21.3 Å². The molecule has 3 bridgehead atoms. The quantitative estimate of drug-likeness (QED) is 0.149. The number of fused-ring (bicyclic) bond motifs is 2. The predicted molar refractivity (Wildman–Crippen MR) is 189 cm³/mol. The normalized spacial score (nSPS) is 35.0. The second-order valence-corrected chi connectivity index (χ2v) is 15.5. The second kappa shape index (κ2) is 12.4. The summed E-state index contributed by atoms with van der Waals surface area (Å²) in [5.41, 5.74) is -0.325. The van der Waals surface area contributed by atoms with Crippen LogP contribution in [0.3, 0.4) is 0 Å². The van der Waals surface area contributed by atoms with E-state index in [-0.39, 0.29) is 36.9 Å². The van der Waals surface area contributed by atoms with Crippen LogP contribution >= 0.6 is 22.6 Å². The summed E-state index contributed by atoms with van der Waals surface area (Å²) in [4.78, 5) is 38.7. The Morgan fingerprint density at radius 1 is 1.10 bits per heavy atom. The molecule has 2 heterocycles. The maximum absolute atomic E-state index is 13.9. The standard InChI is InChI=1S/C39H41IO10/c1-21(2)37-17-23(4)39-28(35(37)48-38(49-37,50-39)19-25-10-8-7-9-11-25)13-26(18-36(44)32(39)12-22(3)34(36)43)20-46-33(42)15-27-14-30(45-6)31(16-29(27)40)47-24(5)41/h7-14,16,23,28,32,35,44H,1,15,17-20H2,2-6H3/t23-,28+,32-,35+,36-,37-,38?,39-/m1/s1/i40+4. The average molecular weight is 801 g/mol. The van der Waals surface area contributed by atoms with Crippen LogP contribution in [0.5, 0.6) is 11.5 Å². The molecule has 2 saturated heterocycles. The fraction of sp³-hybridized carbons (Fsp3) is 0.462. The molecule has 5 aliphatic rings. The minimum atomic E-state index is -1.82. The third kappa shape index (κ3) is 5.39. The number of benzene rings is 2. The Balaban J connectivity index is 1.23. The molecule has 11 heteroatoms. The molecule has 3 aliphatic carbocycles. The van der Waals surface area contributed by atoms with Gasteiger partial charge in [0.25, 0.3) is 5.97 Å². The van der Waals surface area contributed by atoms with E-state index < -0.39 is 52.7 Å². The van der Waals surface area contributed by atoms with Crippen molar-refractivity contribution in [3.8, 4) is 11.5 Å². The van der Waals surface area contributed by atoms with Crippen LogP contribution in [0.4, 0.5) is 0 Å². The van der Waals surface area contributed by atoms with Crippen molar-refractivity contribution < 1.29 is 47.9 Å². The number of carbonyl (C=O) groups is 3. The molecule has 8 atom stereocenters. The summed E-state index contributed by atoms with van der Waals surface area (Å²) in [5.74, 6) is -3.62. The lowest BCUT2D eigenvalue weighted by Crippen LogP contribution is -2.70. The van der Waals surface area contributed by atoms with Gasteiger partial charge in [-0.2, -0.15) is 0 Å². The van der Waals surface area contributed by atoms with E-state index in [1.807, 2.05) is 49.4 Å². The summed E-state index contributed by atoms with van der Waals surface area (Å²) < 4.78 is 38.1. The van der Waals surface area contributed by atoms with Crippen LogP contribution in [-0.4, -0.2) is 65.4 Å². The van der Waals surface area contributed by atoms with Crippen LogP contribution in [0.15, 0.2) is 77.9 Å². The van der Waals surface area contributed by atoms with E-state index in [2.05, 4.69) is 36.1 Å². The fourth-order valence-corrected chi connectivity index (χ4v) is 9.60. The summed E-state index contributed by atoms with van der Waals surface area (Å²) in [6, 6.07) is 13.1. The van der Waals surface area contributed by atoms with E-state index >= 15 is 0 Å². The molecule has 0 spiro atoms. The van der Waals surface area contributed by atoms with Gasteiger partial charge in [0.2, 0.25) is 0 Å². The first-order valence-corrected chi connectivity index (χ1v) is 17.9. The predicted octanol–water partition coefficient (Wildman–Crippen LogP) is 5.57. The highest BCUT2D eigenvalue weighted by atomic mass is 131. The minimum absolute atomic E-state index is 0.0340. The third-order valence-electron chi connectivity index (χ3n) is 11.1. The molecular weight excluding hydrogens is 759 g/mol. The number of carbonyl (C=O) groups excluding carboxylic acids is 3. The minimum Gasteiger partial charge on any atom is -0.493 e. The first kappa shape index (κ1) is 35.1. The number of methoxy groups -OCH3 is 1. The number of hydrogen-bond donors (Lipinski definition) is 1. The van der Waals surface area contributed by atoms with Crippen molar-refractivity contribution in [2.24, 2.45) is 17.8 Å². The summed E-state index contributed by atoms with van der Waals surface area (Å²) in [7, 11) is 1.45. The number of halogens is 1. The van der Waals surface area contributed by atoms with Crippen LogP contribution < -0.4 is 9.47 Å². The van der Waals surface area contributed by atoms with E-state index in [4.69, 9.17) is 28.4 Å². The second-order valence-electron chi connectivity index (χ2n) is 14.4. The van der Waals surface area contributed by atoms with Crippen LogP contribution in [0.25, 0.3) is 0 Å². The van der Waals surface area contributed by atoms with Gasteiger partial charge in [-0.1, -0.05) is 56.0 Å².